The first-order valence-corrected chi connectivity index (χ1v) is 11.2. The third kappa shape index (κ3) is 3.61. The molecular weight excluding hydrogens is 402 g/mol. The Morgan fingerprint density at radius 2 is 1.66 bits per heavy atom. The molecule has 7 heteroatoms. The summed E-state index contributed by atoms with van der Waals surface area (Å²) in [5, 5.41) is 12.3. The van der Waals surface area contributed by atoms with Gasteiger partial charge in [-0.1, -0.05) is 18.2 Å². The van der Waals surface area contributed by atoms with Crippen LogP contribution in [-0.4, -0.2) is 59.4 Å². The molecule has 0 bridgehead atoms. The SMILES string of the molecule is N#CC1Cc2cc(-c3ccc(C(=O)N4CCN(C(=O)C5(N)CCC5)CC4)cc3)ccc2N1. The standard InChI is InChI=1S/C25H27N5O2/c26-16-21-15-20-14-19(6-7-22(20)28-21)17-2-4-18(5-3-17)23(31)29-10-12-30(13-11-29)24(32)25(27)8-1-9-25/h2-7,14,21,28H,1,8-13,15,27H2. The van der Waals surface area contributed by atoms with Gasteiger partial charge in [0.05, 0.1) is 11.6 Å². The number of nitrogens with two attached hydrogens (primary N) is 1. The fourth-order valence-corrected chi connectivity index (χ4v) is 4.81. The molecule has 2 aromatic carbocycles. The predicted molar refractivity (Wildman–Crippen MR) is 122 cm³/mol. The molecule has 3 N–H and O–H groups in total. The second-order valence-corrected chi connectivity index (χ2v) is 9.07. The first-order chi connectivity index (χ1) is 15.5. The minimum absolute atomic E-state index is 0.00947. The quantitative estimate of drug-likeness (QED) is 0.780. The average molecular weight is 430 g/mol. The number of fused-ring (bicyclic) bond motifs is 1. The number of nitrogens with one attached hydrogen (secondary N) is 1. The average Bonchev–Trinajstić information content (AvgIpc) is 3.24. The number of hydrogen-bond acceptors (Lipinski definition) is 5. The first-order valence-electron chi connectivity index (χ1n) is 11.2. The van der Waals surface area contributed by atoms with Gasteiger partial charge >= 0.3 is 0 Å². The van der Waals surface area contributed by atoms with Gasteiger partial charge in [0.15, 0.2) is 0 Å². The zero-order valence-corrected chi connectivity index (χ0v) is 18.0. The number of piperazine rings is 1. The van der Waals surface area contributed by atoms with Crippen molar-refractivity contribution in [3.05, 3.63) is 53.6 Å². The van der Waals surface area contributed by atoms with Crippen LogP contribution in [0.3, 0.4) is 0 Å². The van der Waals surface area contributed by atoms with Crippen LogP contribution < -0.4 is 11.1 Å². The van der Waals surface area contributed by atoms with E-state index in [1.165, 1.54) is 0 Å². The molecule has 1 saturated carbocycles. The van der Waals surface area contributed by atoms with Crippen LogP contribution in [-0.2, 0) is 11.2 Å². The zero-order valence-electron chi connectivity index (χ0n) is 18.0. The van der Waals surface area contributed by atoms with Gasteiger partial charge in [-0.2, -0.15) is 5.26 Å². The molecule has 0 radical (unpaired) electrons. The maximum atomic E-state index is 13.0. The number of rotatable bonds is 3. The van der Waals surface area contributed by atoms with Crippen molar-refractivity contribution >= 4 is 17.5 Å². The summed E-state index contributed by atoms with van der Waals surface area (Å²) in [6.07, 6.45) is 3.24. The number of anilines is 1. The number of benzene rings is 2. The Kier molecular flexibility index (Phi) is 5.10. The molecule has 1 unspecified atom stereocenters. The van der Waals surface area contributed by atoms with Crippen molar-refractivity contribution in [3.8, 4) is 17.2 Å². The Balaban J connectivity index is 1.22. The molecule has 2 fully saturated rings. The van der Waals surface area contributed by atoms with E-state index in [4.69, 9.17) is 11.0 Å². The maximum absolute atomic E-state index is 13.0. The highest BCUT2D eigenvalue weighted by atomic mass is 16.2. The van der Waals surface area contributed by atoms with Crippen LogP contribution in [0.15, 0.2) is 42.5 Å². The highest BCUT2D eigenvalue weighted by Crippen LogP contribution is 2.32. The second kappa shape index (κ2) is 7.95. The third-order valence-corrected chi connectivity index (χ3v) is 7.01. The number of nitriles is 1. The lowest BCUT2D eigenvalue weighted by atomic mass is 9.76. The molecule has 0 spiro atoms. The van der Waals surface area contributed by atoms with Gasteiger partial charge in [-0.3, -0.25) is 9.59 Å². The number of carbonyl (C=O) groups excluding carboxylic acids is 2. The Hall–Kier alpha value is -3.37. The van der Waals surface area contributed by atoms with E-state index in [1.54, 1.807) is 0 Å². The van der Waals surface area contributed by atoms with Gasteiger partial charge in [-0.15, -0.1) is 0 Å². The fraction of sp³-hybridized carbons (Fsp3) is 0.400. The summed E-state index contributed by atoms with van der Waals surface area (Å²) in [6, 6.07) is 15.9. The number of hydrogen-bond donors (Lipinski definition) is 2. The third-order valence-electron chi connectivity index (χ3n) is 7.01. The number of carbonyl (C=O) groups is 2. The Morgan fingerprint density at radius 1 is 1.00 bits per heavy atom. The van der Waals surface area contributed by atoms with Crippen molar-refractivity contribution in [2.75, 3.05) is 31.5 Å². The van der Waals surface area contributed by atoms with Gasteiger partial charge in [-0.05, 0) is 60.2 Å². The van der Waals surface area contributed by atoms with Crippen LogP contribution in [0, 0.1) is 11.3 Å². The lowest BCUT2D eigenvalue weighted by Crippen LogP contribution is -2.62. The highest BCUT2D eigenvalue weighted by molar-refractivity contribution is 5.95. The Labute approximate surface area is 187 Å². The maximum Gasteiger partial charge on any atom is 0.253 e. The smallest absolute Gasteiger partial charge is 0.253 e. The molecule has 1 saturated heterocycles. The molecule has 3 aliphatic rings. The highest BCUT2D eigenvalue weighted by Gasteiger charge is 2.43. The second-order valence-electron chi connectivity index (χ2n) is 9.07. The van der Waals surface area contributed by atoms with Gasteiger partial charge < -0.3 is 20.9 Å². The molecule has 2 heterocycles. The van der Waals surface area contributed by atoms with Crippen molar-refractivity contribution in [3.63, 3.8) is 0 Å². The van der Waals surface area contributed by atoms with E-state index in [2.05, 4.69) is 17.5 Å². The molecule has 5 rings (SSSR count). The van der Waals surface area contributed by atoms with E-state index in [-0.39, 0.29) is 17.9 Å². The molecular formula is C25H27N5O2. The molecule has 0 aromatic heterocycles. The van der Waals surface area contributed by atoms with Crippen molar-refractivity contribution in [2.45, 2.75) is 37.3 Å². The minimum Gasteiger partial charge on any atom is -0.369 e. The summed E-state index contributed by atoms with van der Waals surface area (Å²) < 4.78 is 0. The molecule has 2 amide bonds. The molecule has 1 aliphatic carbocycles. The van der Waals surface area contributed by atoms with Gasteiger partial charge in [-0.25, -0.2) is 0 Å². The lowest BCUT2D eigenvalue weighted by molar-refractivity contribution is -0.141. The van der Waals surface area contributed by atoms with Crippen LogP contribution in [0.5, 0.6) is 0 Å². The summed E-state index contributed by atoms with van der Waals surface area (Å²) in [4.78, 5) is 29.2. The summed E-state index contributed by atoms with van der Waals surface area (Å²) >= 11 is 0. The first kappa shape index (κ1) is 20.5. The molecule has 7 nitrogen and oxygen atoms in total. The van der Waals surface area contributed by atoms with Crippen molar-refractivity contribution in [1.29, 1.82) is 5.26 Å². The Bertz CT molecular complexity index is 1090. The summed E-state index contributed by atoms with van der Waals surface area (Å²) in [5.41, 5.74) is 10.4. The molecule has 1 atom stereocenters. The molecule has 2 aliphatic heterocycles. The van der Waals surface area contributed by atoms with Crippen LogP contribution in [0.25, 0.3) is 11.1 Å². The monoisotopic (exact) mass is 429 g/mol. The van der Waals surface area contributed by atoms with Gasteiger partial charge in [0.1, 0.15) is 6.04 Å². The normalized spacial score (nSPS) is 21.2. The van der Waals surface area contributed by atoms with Crippen molar-refractivity contribution < 1.29 is 9.59 Å². The van der Waals surface area contributed by atoms with E-state index in [1.807, 2.05) is 46.2 Å². The lowest BCUT2D eigenvalue weighted by Gasteiger charge is -2.43. The summed E-state index contributed by atoms with van der Waals surface area (Å²) in [7, 11) is 0. The number of amides is 2. The van der Waals surface area contributed by atoms with E-state index in [0.29, 0.717) is 38.2 Å². The number of nitrogens with zero attached hydrogens (tertiary/aromatic N) is 3. The van der Waals surface area contributed by atoms with Crippen LogP contribution in [0.4, 0.5) is 5.69 Å². The van der Waals surface area contributed by atoms with Gasteiger partial charge in [0.25, 0.3) is 5.91 Å². The van der Waals surface area contributed by atoms with Crippen molar-refractivity contribution in [1.82, 2.24) is 9.80 Å². The molecule has 32 heavy (non-hydrogen) atoms. The van der Waals surface area contributed by atoms with E-state index in [0.717, 1.165) is 41.6 Å². The van der Waals surface area contributed by atoms with Crippen LogP contribution in [0.2, 0.25) is 0 Å². The minimum atomic E-state index is -0.675. The van der Waals surface area contributed by atoms with Crippen LogP contribution in [0.1, 0.15) is 35.2 Å². The van der Waals surface area contributed by atoms with Gasteiger partial charge in [0.2, 0.25) is 5.91 Å². The Morgan fingerprint density at radius 3 is 2.28 bits per heavy atom. The molecule has 164 valence electrons. The topological polar surface area (TPSA) is 102 Å². The zero-order chi connectivity index (χ0) is 22.3. The molecule has 2 aromatic rings. The van der Waals surface area contributed by atoms with Crippen LogP contribution >= 0.6 is 0 Å². The van der Waals surface area contributed by atoms with E-state index in [9.17, 15) is 9.59 Å². The fourth-order valence-electron chi connectivity index (χ4n) is 4.81. The predicted octanol–water partition coefficient (Wildman–Crippen LogP) is 2.38. The largest absolute Gasteiger partial charge is 0.369 e. The van der Waals surface area contributed by atoms with E-state index >= 15 is 0 Å². The summed E-state index contributed by atoms with van der Waals surface area (Å²) in [5.74, 6) is 0.0237. The van der Waals surface area contributed by atoms with Crippen molar-refractivity contribution in [2.24, 2.45) is 5.73 Å². The van der Waals surface area contributed by atoms with Gasteiger partial charge in [0, 0.05) is 43.9 Å². The van der Waals surface area contributed by atoms with E-state index < -0.39 is 5.54 Å². The summed E-state index contributed by atoms with van der Waals surface area (Å²) in [6.45, 7) is 2.13.